The van der Waals surface area contributed by atoms with Crippen molar-refractivity contribution in [1.29, 1.82) is 0 Å². The maximum atomic E-state index is 12.6. The van der Waals surface area contributed by atoms with E-state index in [-0.39, 0.29) is 12.5 Å². The summed E-state index contributed by atoms with van der Waals surface area (Å²) in [5.74, 6) is 0.948. The summed E-state index contributed by atoms with van der Waals surface area (Å²) in [4.78, 5) is 18.9. The van der Waals surface area contributed by atoms with Crippen LogP contribution >= 0.6 is 11.6 Å². The first kappa shape index (κ1) is 22.0. The lowest BCUT2D eigenvalue weighted by atomic mass is 10.2. The second-order valence-corrected chi connectivity index (χ2v) is 7.42. The van der Waals surface area contributed by atoms with Crippen LogP contribution in [-0.2, 0) is 22.6 Å². The van der Waals surface area contributed by atoms with E-state index in [1.807, 2.05) is 42.5 Å². The van der Waals surface area contributed by atoms with Gasteiger partial charge in [0.25, 0.3) is 0 Å². The van der Waals surface area contributed by atoms with Gasteiger partial charge in [0.05, 0.1) is 6.61 Å². The summed E-state index contributed by atoms with van der Waals surface area (Å²) < 4.78 is 11.0. The highest BCUT2D eigenvalue weighted by Crippen LogP contribution is 2.20. The topological polar surface area (TPSA) is 68.5 Å². The van der Waals surface area contributed by atoms with Gasteiger partial charge in [-0.1, -0.05) is 72.6 Å². The lowest BCUT2D eigenvalue weighted by Gasteiger charge is -2.21. The molecule has 0 atom stereocenters. The van der Waals surface area contributed by atoms with Gasteiger partial charge < -0.3 is 14.2 Å². The van der Waals surface area contributed by atoms with Crippen molar-refractivity contribution < 1.29 is 14.1 Å². The summed E-state index contributed by atoms with van der Waals surface area (Å²) in [7, 11) is 0. The molecule has 0 aliphatic rings. The molecule has 0 aliphatic heterocycles. The van der Waals surface area contributed by atoms with Crippen molar-refractivity contribution in [2.24, 2.45) is 0 Å². The van der Waals surface area contributed by atoms with Crippen LogP contribution in [0.25, 0.3) is 11.4 Å². The van der Waals surface area contributed by atoms with Gasteiger partial charge in [0.2, 0.25) is 17.6 Å². The van der Waals surface area contributed by atoms with Crippen LogP contribution in [0.4, 0.5) is 0 Å². The van der Waals surface area contributed by atoms with E-state index in [0.29, 0.717) is 42.9 Å². The number of benzene rings is 2. The number of unbranched alkanes of at least 4 members (excludes halogenated alkanes) is 1. The SMILES string of the molecule is CCCCN(CCc1nc(-c2cccc(Cl)c2)no1)C(=O)COCc1ccccc1. The van der Waals surface area contributed by atoms with Crippen molar-refractivity contribution in [1.82, 2.24) is 15.0 Å². The average Bonchev–Trinajstić information content (AvgIpc) is 3.23. The maximum absolute atomic E-state index is 12.6. The van der Waals surface area contributed by atoms with Crippen LogP contribution in [0, 0.1) is 0 Å². The van der Waals surface area contributed by atoms with Crippen LogP contribution in [0.15, 0.2) is 59.1 Å². The highest BCUT2D eigenvalue weighted by Gasteiger charge is 2.16. The Kier molecular flexibility index (Phi) is 8.41. The van der Waals surface area contributed by atoms with Gasteiger partial charge in [-0.15, -0.1) is 0 Å². The van der Waals surface area contributed by atoms with Crippen molar-refractivity contribution in [3.8, 4) is 11.4 Å². The van der Waals surface area contributed by atoms with Gasteiger partial charge in [0.1, 0.15) is 6.61 Å². The zero-order valence-corrected chi connectivity index (χ0v) is 17.8. The molecular formula is C23H26ClN3O3. The molecule has 0 bridgehead atoms. The van der Waals surface area contributed by atoms with E-state index in [9.17, 15) is 4.79 Å². The van der Waals surface area contributed by atoms with E-state index in [4.69, 9.17) is 20.9 Å². The predicted octanol–water partition coefficient (Wildman–Crippen LogP) is 4.78. The second kappa shape index (κ2) is 11.5. The molecule has 158 valence electrons. The fourth-order valence-electron chi connectivity index (χ4n) is 2.96. The summed E-state index contributed by atoms with van der Waals surface area (Å²) in [6, 6.07) is 17.1. The Morgan fingerprint density at radius 1 is 1.13 bits per heavy atom. The molecule has 1 aromatic heterocycles. The summed E-state index contributed by atoms with van der Waals surface area (Å²) in [5, 5.41) is 4.64. The lowest BCUT2D eigenvalue weighted by molar-refractivity contribution is -0.136. The average molecular weight is 428 g/mol. The first-order chi connectivity index (χ1) is 14.7. The van der Waals surface area contributed by atoms with E-state index < -0.39 is 0 Å². The Bertz CT molecular complexity index is 930. The van der Waals surface area contributed by atoms with Crippen molar-refractivity contribution in [2.45, 2.75) is 32.8 Å². The fraction of sp³-hybridized carbons (Fsp3) is 0.348. The molecule has 0 fully saturated rings. The fourth-order valence-corrected chi connectivity index (χ4v) is 3.15. The van der Waals surface area contributed by atoms with Gasteiger partial charge in [0, 0.05) is 30.1 Å². The molecule has 3 aromatic rings. The van der Waals surface area contributed by atoms with E-state index in [0.717, 1.165) is 24.0 Å². The molecule has 0 N–H and O–H groups in total. The van der Waals surface area contributed by atoms with Gasteiger partial charge >= 0.3 is 0 Å². The van der Waals surface area contributed by atoms with Gasteiger partial charge in [-0.3, -0.25) is 4.79 Å². The third-order valence-corrected chi connectivity index (χ3v) is 4.85. The zero-order chi connectivity index (χ0) is 21.2. The predicted molar refractivity (Wildman–Crippen MR) is 116 cm³/mol. The molecule has 2 aromatic carbocycles. The molecular weight excluding hydrogens is 402 g/mol. The number of aromatic nitrogens is 2. The molecule has 0 spiro atoms. The number of rotatable bonds is 11. The number of hydrogen-bond donors (Lipinski definition) is 0. The molecule has 0 aliphatic carbocycles. The van der Waals surface area contributed by atoms with E-state index in [1.54, 1.807) is 17.0 Å². The summed E-state index contributed by atoms with van der Waals surface area (Å²) >= 11 is 6.03. The smallest absolute Gasteiger partial charge is 0.248 e. The van der Waals surface area contributed by atoms with Gasteiger partial charge in [-0.25, -0.2) is 0 Å². The molecule has 0 saturated heterocycles. The molecule has 0 radical (unpaired) electrons. The lowest BCUT2D eigenvalue weighted by Crippen LogP contribution is -2.36. The third kappa shape index (κ3) is 6.68. The normalized spacial score (nSPS) is 10.9. The summed E-state index contributed by atoms with van der Waals surface area (Å²) in [6.45, 7) is 3.75. The standard InChI is InChI=1S/C23H26ClN3O3/c1-2-3-13-27(22(28)17-29-16-18-8-5-4-6-9-18)14-12-21-25-23(26-30-21)19-10-7-11-20(24)15-19/h4-11,15H,2-3,12-14,16-17H2,1H3. The minimum Gasteiger partial charge on any atom is -0.367 e. The number of carbonyl (C=O) groups excluding carboxylic acids is 1. The largest absolute Gasteiger partial charge is 0.367 e. The molecule has 6 nitrogen and oxygen atoms in total. The maximum Gasteiger partial charge on any atom is 0.248 e. The summed E-state index contributed by atoms with van der Waals surface area (Å²) in [5.41, 5.74) is 1.84. The molecule has 7 heteroatoms. The highest BCUT2D eigenvalue weighted by atomic mass is 35.5. The Labute approximate surface area is 181 Å². The molecule has 0 saturated carbocycles. The molecule has 1 heterocycles. The van der Waals surface area contributed by atoms with Gasteiger partial charge in [0.15, 0.2) is 0 Å². The molecule has 0 unspecified atom stereocenters. The molecule has 30 heavy (non-hydrogen) atoms. The number of ether oxygens (including phenoxy) is 1. The van der Waals surface area contributed by atoms with Crippen LogP contribution in [0.1, 0.15) is 31.2 Å². The van der Waals surface area contributed by atoms with Crippen molar-refractivity contribution in [3.05, 3.63) is 71.1 Å². The zero-order valence-electron chi connectivity index (χ0n) is 17.1. The van der Waals surface area contributed by atoms with Crippen LogP contribution in [0.2, 0.25) is 5.02 Å². The first-order valence-corrected chi connectivity index (χ1v) is 10.5. The molecule has 1 amide bonds. The Morgan fingerprint density at radius 3 is 2.73 bits per heavy atom. The minimum absolute atomic E-state index is 0.0334. The number of nitrogens with zero attached hydrogens (tertiary/aromatic N) is 3. The van der Waals surface area contributed by atoms with Crippen LogP contribution < -0.4 is 0 Å². The van der Waals surface area contributed by atoms with Crippen LogP contribution in [0.3, 0.4) is 0 Å². The quantitative estimate of drug-likeness (QED) is 0.440. The number of hydrogen-bond acceptors (Lipinski definition) is 5. The summed E-state index contributed by atoms with van der Waals surface area (Å²) in [6.07, 6.45) is 2.43. The van der Waals surface area contributed by atoms with E-state index in [2.05, 4.69) is 17.1 Å². The first-order valence-electron chi connectivity index (χ1n) is 10.1. The number of amides is 1. The highest BCUT2D eigenvalue weighted by molar-refractivity contribution is 6.30. The van der Waals surface area contributed by atoms with E-state index >= 15 is 0 Å². The minimum atomic E-state index is -0.0334. The van der Waals surface area contributed by atoms with Crippen molar-refractivity contribution in [3.63, 3.8) is 0 Å². The monoisotopic (exact) mass is 427 g/mol. The van der Waals surface area contributed by atoms with Crippen molar-refractivity contribution >= 4 is 17.5 Å². The van der Waals surface area contributed by atoms with Crippen molar-refractivity contribution in [2.75, 3.05) is 19.7 Å². The van der Waals surface area contributed by atoms with Crippen LogP contribution in [0.5, 0.6) is 0 Å². The number of halogens is 1. The third-order valence-electron chi connectivity index (χ3n) is 4.62. The molecule has 3 rings (SSSR count). The Morgan fingerprint density at radius 2 is 1.97 bits per heavy atom. The Hall–Kier alpha value is -2.70. The van der Waals surface area contributed by atoms with Crippen LogP contribution in [-0.4, -0.2) is 40.6 Å². The second-order valence-electron chi connectivity index (χ2n) is 6.98. The van der Waals surface area contributed by atoms with Gasteiger partial charge in [-0.2, -0.15) is 4.98 Å². The Balaban J connectivity index is 1.53. The van der Waals surface area contributed by atoms with Gasteiger partial charge in [-0.05, 0) is 24.1 Å². The number of carbonyl (C=O) groups is 1. The van der Waals surface area contributed by atoms with E-state index in [1.165, 1.54) is 0 Å².